The first kappa shape index (κ1) is 19.5. The zero-order valence-electron chi connectivity index (χ0n) is 16.1. The predicted molar refractivity (Wildman–Crippen MR) is 115 cm³/mol. The second-order valence-corrected chi connectivity index (χ2v) is 7.67. The van der Waals surface area contributed by atoms with Crippen molar-refractivity contribution < 1.29 is 14.4 Å². The molecule has 0 atom stereocenters. The number of primary amides is 1. The van der Waals surface area contributed by atoms with E-state index in [2.05, 4.69) is 9.69 Å². The van der Waals surface area contributed by atoms with Crippen molar-refractivity contribution in [1.82, 2.24) is 8.77 Å². The lowest BCUT2D eigenvalue weighted by Crippen LogP contribution is -2.22. The summed E-state index contributed by atoms with van der Waals surface area (Å²) in [7, 11) is 0. The van der Waals surface area contributed by atoms with E-state index < -0.39 is 17.6 Å². The lowest BCUT2D eigenvalue weighted by atomic mass is 10.1. The van der Waals surface area contributed by atoms with Crippen LogP contribution in [0.3, 0.4) is 0 Å². The highest BCUT2D eigenvalue weighted by Gasteiger charge is 2.22. The van der Waals surface area contributed by atoms with Crippen molar-refractivity contribution in [1.29, 1.82) is 0 Å². The molecule has 0 unspecified atom stereocenters. The van der Waals surface area contributed by atoms with Gasteiger partial charge in [0.1, 0.15) is 5.00 Å². The fraction of sp³-hybridized carbons (Fsp3) is 0.0909. The summed E-state index contributed by atoms with van der Waals surface area (Å²) < 4.78 is 5.97. The number of anilines is 1. The van der Waals surface area contributed by atoms with Gasteiger partial charge in [0, 0.05) is 23.9 Å². The minimum Gasteiger partial charge on any atom is -0.366 e. The first-order chi connectivity index (χ1) is 14.4. The Bertz CT molecular complexity index is 1290. The summed E-state index contributed by atoms with van der Waals surface area (Å²) in [6, 6.07) is 15.9. The molecule has 0 aliphatic rings. The lowest BCUT2D eigenvalue weighted by molar-refractivity contribution is -0.112. The van der Waals surface area contributed by atoms with Crippen LogP contribution in [0.15, 0.2) is 60.8 Å². The van der Waals surface area contributed by atoms with Gasteiger partial charge in [-0.15, -0.1) is 0 Å². The number of nitrogens with one attached hydrogen (secondary N) is 1. The third kappa shape index (κ3) is 3.85. The smallest absolute Gasteiger partial charge is 0.297 e. The Morgan fingerprint density at radius 2 is 1.93 bits per heavy atom. The molecule has 1 aromatic carbocycles. The van der Waals surface area contributed by atoms with Crippen molar-refractivity contribution in [2.75, 3.05) is 5.32 Å². The van der Waals surface area contributed by atoms with Gasteiger partial charge in [-0.2, -0.15) is 4.37 Å². The molecule has 0 bridgehead atoms. The average molecular weight is 418 g/mol. The number of pyridine rings is 1. The molecule has 0 fully saturated rings. The van der Waals surface area contributed by atoms with Crippen molar-refractivity contribution in [3.63, 3.8) is 0 Å². The summed E-state index contributed by atoms with van der Waals surface area (Å²) in [6.07, 6.45) is 2.30. The molecule has 0 spiro atoms. The van der Waals surface area contributed by atoms with E-state index in [1.165, 1.54) is 0 Å². The molecule has 7 nitrogen and oxygen atoms in total. The van der Waals surface area contributed by atoms with E-state index in [0.29, 0.717) is 28.1 Å². The van der Waals surface area contributed by atoms with Gasteiger partial charge in [-0.05, 0) is 60.4 Å². The maximum atomic E-state index is 12.9. The molecule has 30 heavy (non-hydrogen) atoms. The van der Waals surface area contributed by atoms with E-state index in [1.807, 2.05) is 35.7 Å². The molecule has 3 aromatic heterocycles. The number of nitrogens with two attached hydrogens (primary N) is 1. The summed E-state index contributed by atoms with van der Waals surface area (Å²) in [5.41, 5.74) is 9.21. The number of hydrogen-bond acceptors (Lipinski definition) is 5. The van der Waals surface area contributed by atoms with Gasteiger partial charge in [0.15, 0.2) is 0 Å². The van der Waals surface area contributed by atoms with E-state index >= 15 is 0 Å². The molecule has 2 amide bonds. The Balaban J connectivity index is 1.66. The third-order valence-corrected chi connectivity index (χ3v) is 5.46. The maximum absolute atomic E-state index is 12.9. The Labute approximate surface area is 176 Å². The highest BCUT2D eigenvalue weighted by molar-refractivity contribution is 7.10. The monoisotopic (exact) mass is 418 g/mol. The maximum Gasteiger partial charge on any atom is 0.297 e. The fourth-order valence-electron chi connectivity index (χ4n) is 3.30. The minimum atomic E-state index is -0.711. The number of carbonyl (C=O) groups is 3. The SMILES string of the molecule is Cc1cc(NC(=O)C(=O)c2cc(Cc3cccc(C(N)=O)c3)n3ccccc23)sn1. The van der Waals surface area contributed by atoms with Crippen LogP contribution in [-0.4, -0.2) is 26.4 Å². The minimum absolute atomic E-state index is 0.315. The van der Waals surface area contributed by atoms with Gasteiger partial charge in [-0.3, -0.25) is 14.4 Å². The average Bonchev–Trinajstić information content (AvgIpc) is 3.31. The van der Waals surface area contributed by atoms with Crippen molar-refractivity contribution >= 4 is 39.6 Å². The van der Waals surface area contributed by atoms with Crippen LogP contribution in [0.4, 0.5) is 5.00 Å². The van der Waals surface area contributed by atoms with Gasteiger partial charge in [0.05, 0.1) is 16.8 Å². The third-order valence-electron chi connectivity index (χ3n) is 4.67. The topological polar surface area (TPSA) is 107 Å². The first-order valence-electron chi connectivity index (χ1n) is 9.19. The normalized spacial score (nSPS) is 10.8. The number of nitrogens with zero attached hydrogens (tertiary/aromatic N) is 2. The molecule has 0 radical (unpaired) electrons. The van der Waals surface area contributed by atoms with Crippen molar-refractivity contribution in [3.05, 3.63) is 88.9 Å². The molecule has 0 saturated carbocycles. The van der Waals surface area contributed by atoms with Crippen LogP contribution >= 0.6 is 11.5 Å². The summed E-state index contributed by atoms with van der Waals surface area (Å²) in [5.74, 6) is -1.83. The molecule has 4 aromatic rings. The molecule has 150 valence electrons. The predicted octanol–water partition coefficient (Wildman–Crippen LogP) is 3.22. The molecule has 0 aliphatic carbocycles. The van der Waals surface area contributed by atoms with E-state index in [0.717, 1.165) is 28.5 Å². The molecule has 0 saturated heterocycles. The number of aryl methyl sites for hydroxylation is 1. The fourth-order valence-corrected chi connectivity index (χ4v) is 3.96. The van der Waals surface area contributed by atoms with Gasteiger partial charge in [0.2, 0.25) is 5.91 Å². The number of ketones is 1. The van der Waals surface area contributed by atoms with Crippen LogP contribution in [-0.2, 0) is 11.2 Å². The second kappa shape index (κ2) is 7.92. The van der Waals surface area contributed by atoms with Crippen LogP contribution in [0.1, 0.15) is 37.7 Å². The van der Waals surface area contributed by atoms with Crippen LogP contribution in [0.2, 0.25) is 0 Å². The first-order valence-corrected chi connectivity index (χ1v) is 9.96. The Morgan fingerprint density at radius 1 is 1.10 bits per heavy atom. The zero-order chi connectivity index (χ0) is 21.3. The Morgan fingerprint density at radius 3 is 2.67 bits per heavy atom. The molecule has 8 heteroatoms. The van der Waals surface area contributed by atoms with Crippen molar-refractivity contribution in [2.45, 2.75) is 13.3 Å². The molecular formula is C22H18N4O3S. The highest BCUT2D eigenvalue weighted by atomic mass is 32.1. The number of benzene rings is 1. The van der Waals surface area contributed by atoms with E-state index in [9.17, 15) is 14.4 Å². The molecule has 3 N–H and O–H groups in total. The van der Waals surface area contributed by atoms with Crippen LogP contribution < -0.4 is 11.1 Å². The summed E-state index contributed by atoms with van der Waals surface area (Å²) >= 11 is 1.13. The number of amides is 2. The quantitative estimate of drug-likeness (QED) is 0.370. The van der Waals surface area contributed by atoms with Crippen molar-refractivity contribution in [2.24, 2.45) is 5.73 Å². The molecule has 3 heterocycles. The number of rotatable bonds is 6. The van der Waals surface area contributed by atoms with E-state index in [-0.39, 0.29) is 0 Å². The summed E-state index contributed by atoms with van der Waals surface area (Å²) in [6.45, 7) is 1.81. The van der Waals surface area contributed by atoms with Gasteiger partial charge in [0.25, 0.3) is 11.7 Å². The Hall–Kier alpha value is -3.78. The van der Waals surface area contributed by atoms with E-state index in [4.69, 9.17) is 5.73 Å². The van der Waals surface area contributed by atoms with Gasteiger partial charge < -0.3 is 15.5 Å². The number of hydrogen-bond donors (Lipinski definition) is 2. The van der Waals surface area contributed by atoms with Crippen LogP contribution in [0.25, 0.3) is 5.52 Å². The Kier molecular flexibility index (Phi) is 5.16. The molecular weight excluding hydrogens is 400 g/mol. The number of aromatic nitrogens is 2. The summed E-state index contributed by atoms with van der Waals surface area (Å²) in [4.78, 5) is 36.8. The van der Waals surface area contributed by atoms with E-state index in [1.54, 1.807) is 36.4 Å². The largest absolute Gasteiger partial charge is 0.366 e. The lowest BCUT2D eigenvalue weighted by Gasteiger charge is -2.04. The van der Waals surface area contributed by atoms with Gasteiger partial charge in [-0.25, -0.2) is 0 Å². The summed E-state index contributed by atoms with van der Waals surface area (Å²) in [5, 5.41) is 3.14. The van der Waals surface area contributed by atoms with Gasteiger partial charge in [-0.1, -0.05) is 18.2 Å². The standard InChI is InChI=1S/C22H18N4O3S/c1-13-9-19(30-25-13)24-22(29)20(27)17-12-16(26-8-3-2-7-18(17)26)11-14-5-4-6-15(10-14)21(23)28/h2-10,12H,11H2,1H3,(H2,23,28)(H,24,29). The highest BCUT2D eigenvalue weighted by Crippen LogP contribution is 2.22. The number of Topliss-reactive ketones (excluding diaryl/α,β-unsaturated/α-hetero) is 1. The van der Waals surface area contributed by atoms with Crippen LogP contribution in [0, 0.1) is 6.92 Å². The molecule has 0 aliphatic heterocycles. The molecule has 4 rings (SSSR count). The van der Waals surface area contributed by atoms with Crippen molar-refractivity contribution in [3.8, 4) is 0 Å². The zero-order valence-corrected chi connectivity index (χ0v) is 16.9. The van der Waals surface area contributed by atoms with Crippen LogP contribution in [0.5, 0.6) is 0 Å². The van der Waals surface area contributed by atoms with Gasteiger partial charge >= 0.3 is 0 Å². The number of carbonyl (C=O) groups excluding carboxylic acids is 3. The second-order valence-electron chi connectivity index (χ2n) is 6.86. The number of fused-ring (bicyclic) bond motifs is 1.